The van der Waals surface area contributed by atoms with Crippen molar-refractivity contribution in [2.45, 2.75) is 30.7 Å². The fraction of sp³-hybridized carbons (Fsp3) is 0.647. The van der Waals surface area contributed by atoms with Crippen molar-refractivity contribution in [1.82, 2.24) is 9.80 Å². The van der Waals surface area contributed by atoms with Crippen LogP contribution in [0.5, 0.6) is 0 Å². The zero-order valence-electron chi connectivity index (χ0n) is 13.3. The van der Waals surface area contributed by atoms with Crippen LogP contribution in [0, 0.1) is 17.6 Å². The van der Waals surface area contributed by atoms with Gasteiger partial charge in [-0.05, 0) is 31.7 Å². The minimum atomic E-state index is -0.565. The van der Waals surface area contributed by atoms with Crippen LogP contribution in [0.1, 0.15) is 18.1 Å². The summed E-state index contributed by atoms with van der Waals surface area (Å²) < 4.78 is 33.2. The van der Waals surface area contributed by atoms with Gasteiger partial charge < -0.3 is 15.4 Å². The molecular formula is C17H23F2N3O. The van der Waals surface area contributed by atoms with E-state index in [1.165, 1.54) is 6.07 Å². The molecule has 3 heterocycles. The molecule has 3 saturated heterocycles. The molecule has 23 heavy (non-hydrogen) atoms. The molecular weight excluding hydrogens is 300 g/mol. The predicted molar refractivity (Wildman–Crippen MR) is 82.9 cm³/mol. The van der Waals surface area contributed by atoms with E-state index >= 15 is 0 Å². The van der Waals surface area contributed by atoms with Crippen LogP contribution in [0.15, 0.2) is 18.2 Å². The number of halogens is 2. The average Bonchev–Trinajstić information content (AvgIpc) is 2.78. The quantitative estimate of drug-likeness (QED) is 0.893. The third kappa shape index (κ3) is 2.67. The molecule has 3 aliphatic rings. The molecule has 0 aromatic heterocycles. The highest BCUT2D eigenvalue weighted by Gasteiger charge is 2.48. The Bertz CT molecular complexity index is 599. The summed E-state index contributed by atoms with van der Waals surface area (Å²) in [6.45, 7) is 3.88. The maximum atomic E-state index is 14.0. The van der Waals surface area contributed by atoms with E-state index in [2.05, 4.69) is 16.8 Å². The van der Waals surface area contributed by atoms with Crippen LogP contribution in [0.2, 0.25) is 0 Å². The summed E-state index contributed by atoms with van der Waals surface area (Å²) in [7, 11) is 2.16. The fourth-order valence-corrected chi connectivity index (χ4v) is 4.44. The second-order valence-electron chi connectivity index (χ2n) is 7.22. The van der Waals surface area contributed by atoms with Gasteiger partial charge in [-0.2, -0.15) is 0 Å². The number of rotatable bonds is 2. The number of nitrogens with zero attached hydrogens (tertiary/aromatic N) is 2. The van der Waals surface area contributed by atoms with E-state index < -0.39 is 17.7 Å². The molecule has 1 aromatic carbocycles. The zero-order chi connectivity index (χ0) is 16.1. The minimum Gasteiger partial charge on any atom is -0.370 e. The lowest BCUT2D eigenvalue weighted by Gasteiger charge is -2.51. The lowest BCUT2D eigenvalue weighted by molar-refractivity contribution is -0.0937. The summed E-state index contributed by atoms with van der Waals surface area (Å²) in [5, 5.41) is 0. The third-order valence-corrected chi connectivity index (χ3v) is 5.60. The smallest absolute Gasteiger partial charge is 0.129 e. The highest BCUT2D eigenvalue weighted by atomic mass is 19.1. The number of ether oxygens (including phenoxy) is 1. The Hall–Kier alpha value is -1.08. The molecule has 0 amide bonds. The van der Waals surface area contributed by atoms with Crippen LogP contribution in [0.4, 0.5) is 8.78 Å². The van der Waals surface area contributed by atoms with E-state index in [4.69, 9.17) is 10.5 Å². The molecule has 0 spiro atoms. The van der Waals surface area contributed by atoms with Crippen molar-refractivity contribution in [3.63, 3.8) is 0 Å². The molecule has 1 aromatic rings. The molecule has 126 valence electrons. The number of benzene rings is 1. The van der Waals surface area contributed by atoms with Crippen LogP contribution < -0.4 is 5.73 Å². The highest BCUT2D eigenvalue weighted by Crippen LogP contribution is 2.38. The van der Waals surface area contributed by atoms with Gasteiger partial charge in [-0.15, -0.1) is 0 Å². The van der Waals surface area contributed by atoms with Crippen molar-refractivity contribution < 1.29 is 13.5 Å². The topological polar surface area (TPSA) is 41.7 Å². The van der Waals surface area contributed by atoms with E-state index in [0.29, 0.717) is 12.6 Å². The Morgan fingerprint density at radius 2 is 2.04 bits per heavy atom. The van der Waals surface area contributed by atoms with Crippen molar-refractivity contribution in [2.24, 2.45) is 11.7 Å². The van der Waals surface area contributed by atoms with Gasteiger partial charge in [0.25, 0.3) is 0 Å². The lowest BCUT2D eigenvalue weighted by atomic mass is 9.86. The number of fused-ring (bicyclic) bond motifs is 1. The van der Waals surface area contributed by atoms with Crippen LogP contribution in [-0.2, 0) is 4.74 Å². The highest BCUT2D eigenvalue weighted by molar-refractivity contribution is 5.23. The number of likely N-dealkylation sites (tertiary alicyclic amines) is 2. The lowest BCUT2D eigenvalue weighted by Crippen LogP contribution is -2.63. The largest absolute Gasteiger partial charge is 0.370 e. The summed E-state index contributed by atoms with van der Waals surface area (Å²) in [5.41, 5.74) is 6.48. The molecule has 0 bridgehead atoms. The van der Waals surface area contributed by atoms with Gasteiger partial charge in [0.05, 0.1) is 6.61 Å². The minimum absolute atomic E-state index is 0.234. The SMILES string of the molecule is CN1CC2CN(C3COC(c4cc(F)ccc4F)C(N)C3)C2C1. The monoisotopic (exact) mass is 323 g/mol. The first-order valence-electron chi connectivity index (χ1n) is 8.29. The summed E-state index contributed by atoms with van der Waals surface area (Å²) in [4.78, 5) is 4.84. The van der Waals surface area contributed by atoms with Crippen molar-refractivity contribution in [1.29, 1.82) is 0 Å². The fourth-order valence-electron chi connectivity index (χ4n) is 4.44. The summed E-state index contributed by atoms with van der Waals surface area (Å²) >= 11 is 0. The van der Waals surface area contributed by atoms with Crippen molar-refractivity contribution in [2.75, 3.05) is 33.3 Å². The van der Waals surface area contributed by atoms with Crippen molar-refractivity contribution in [3.8, 4) is 0 Å². The van der Waals surface area contributed by atoms with Crippen LogP contribution in [0.3, 0.4) is 0 Å². The first kappa shape index (κ1) is 15.4. The first-order valence-corrected chi connectivity index (χ1v) is 8.29. The first-order chi connectivity index (χ1) is 11.0. The Morgan fingerprint density at radius 1 is 1.22 bits per heavy atom. The Balaban J connectivity index is 1.44. The van der Waals surface area contributed by atoms with E-state index in [-0.39, 0.29) is 17.6 Å². The predicted octanol–water partition coefficient (Wildman–Crippen LogP) is 1.37. The van der Waals surface area contributed by atoms with Gasteiger partial charge >= 0.3 is 0 Å². The number of likely N-dealkylation sites (N-methyl/N-ethyl adjacent to an activating group) is 1. The van der Waals surface area contributed by atoms with Gasteiger partial charge in [0, 0.05) is 49.2 Å². The molecule has 3 fully saturated rings. The molecule has 5 atom stereocenters. The summed E-state index contributed by atoms with van der Waals surface area (Å²) in [5.74, 6) is -0.153. The molecule has 0 saturated carbocycles. The van der Waals surface area contributed by atoms with E-state index in [1.807, 2.05) is 0 Å². The Morgan fingerprint density at radius 3 is 2.78 bits per heavy atom. The molecule has 4 rings (SSSR count). The van der Waals surface area contributed by atoms with Crippen molar-refractivity contribution >= 4 is 0 Å². The molecule has 3 aliphatic heterocycles. The standard InChI is InChI=1S/C17H23F2N3O/c1-21-6-10-7-22(16(10)8-21)12-5-15(20)17(23-9-12)13-4-11(18)2-3-14(13)19/h2-4,10,12,15-17H,5-9,20H2,1H3. The van der Waals surface area contributed by atoms with Gasteiger partial charge in [-0.1, -0.05) is 0 Å². The normalized spacial score (nSPS) is 38.3. The third-order valence-electron chi connectivity index (χ3n) is 5.60. The van der Waals surface area contributed by atoms with Crippen molar-refractivity contribution in [3.05, 3.63) is 35.4 Å². The summed E-state index contributed by atoms with van der Waals surface area (Å²) in [6, 6.07) is 4.02. The Kier molecular flexibility index (Phi) is 3.88. The molecule has 4 nitrogen and oxygen atoms in total. The molecule has 6 heteroatoms. The zero-order valence-corrected chi connectivity index (χ0v) is 13.3. The van der Waals surface area contributed by atoms with Crippen LogP contribution in [-0.4, -0.2) is 61.2 Å². The molecule has 0 radical (unpaired) electrons. The average molecular weight is 323 g/mol. The van der Waals surface area contributed by atoms with Gasteiger partial charge in [-0.3, -0.25) is 4.90 Å². The van der Waals surface area contributed by atoms with Gasteiger partial charge in [0.2, 0.25) is 0 Å². The van der Waals surface area contributed by atoms with E-state index in [1.54, 1.807) is 0 Å². The number of hydrogen-bond acceptors (Lipinski definition) is 4. The molecule has 2 N–H and O–H groups in total. The van der Waals surface area contributed by atoms with E-state index in [9.17, 15) is 8.78 Å². The Labute approximate surface area is 135 Å². The maximum absolute atomic E-state index is 14.0. The van der Waals surface area contributed by atoms with E-state index in [0.717, 1.165) is 44.1 Å². The van der Waals surface area contributed by atoms with Crippen LogP contribution >= 0.6 is 0 Å². The molecule has 0 aliphatic carbocycles. The van der Waals surface area contributed by atoms with Crippen LogP contribution in [0.25, 0.3) is 0 Å². The van der Waals surface area contributed by atoms with Gasteiger partial charge in [0.15, 0.2) is 0 Å². The summed E-state index contributed by atoms with van der Waals surface area (Å²) in [6.07, 6.45) is 0.193. The second kappa shape index (κ2) is 5.77. The number of hydrogen-bond donors (Lipinski definition) is 1. The van der Waals surface area contributed by atoms with Gasteiger partial charge in [-0.25, -0.2) is 8.78 Å². The maximum Gasteiger partial charge on any atom is 0.129 e. The molecule has 5 unspecified atom stereocenters. The number of nitrogens with two attached hydrogens (primary N) is 1. The second-order valence-corrected chi connectivity index (χ2v) is 7.22. The van der Waals surface area contributed by atoms with Gasteiger partial charge in [0.1, 0.15) is 17.7 Å².